The minimum Gasteiger partial charge on any atom is -0.462 e. The molecule has 0 rings (SSSR count). The van der Waals surface area contributed by atoms with Gasteiger partial charge in [-0.1, -0.05) is 312 Å². The van der Waals surface area contributed by atoms with Gasteiger partial charge in [-0.3, -0.25) is 37.3 Å². The summed E-state index contributed by atoms with van der Waals surface area (Å²) in [5.41, 5.74) is 0. The molecule has 0 spiro atoms. The van der Waals surface area contributed by atoms with Crippen LogP contribution >= 0.6 is 15.6 Å². The predicted molar refractivity (Wildman–Crippen MR) is 368 cm³/mol. The topological polar surface area (TPSA) is 237 Å². The molecule has 0 aliphatic carbocycles. The van der Waals surface area contributed by atoms with E-state index in [-0.39, 0.29) is 25.7 Å². The molecule has 0 aromatic heterocycles. The lowest BCUT2D eigenvalue weighted by Crippen LogP contribution is -2.30. The molecule has 0 bridgehead atoms. The summed E-state index contributed by atoms with van der Waals surface area (Å²) in [6.07, 6.45) is 47.3. The highest BCUT2D eigenvalue weighted by Crippen LogP contribution is 2.45. The zero-order chi connectivity index (χ0) is 67.3. The van der Waals surface area contributed by atoms with E-state index in [4.69, 9.17) is 37.0 Å². The molecule has 0 aromatic carbocycles. The molecular weight excluding hydrogens is 1200 g/mol. The number of aliphatic hydroxyl groups is 1. The number of aliphatic hydroxyl groups excluding tert-OH is 1. The number of unbranched alkanes of at least 4 members (excludes halogenated alkanes) is 37. The number of hydrogen-bond donors (Lipinski definition) is 3. The standard InChI is InChI=1S/C72H140O17P2/c1-8-10-11-12-13-14-15-19-23-26-31-39-46-53-69(74)82-59-67(88-71(76)55-48-41-32-27-24-21-18-16-17-20-22-25-29-36-43-50-63(3)4)61-86-90(78,79)84-57-66(73)58-85-91(80,81)87-62-68(89-72(77)56-49-42-33-28-30-37-44-51-64(5)6)60-83-70(75)54-47-40-35-34-38-45-52-65(7)9-2/h63-68,73H,8-62H2,1-7H3,(H,78,79)(H,80,81)/t65?,66-,67-,68-/m1/s1. The van der Waals surface area contributed by atoms with Crippen molar-refractivity contribution in [1.82, 2.24) is 0 Å². The molecule has 0 saturated carbocycles. The van der Waals surface area contributed by atoms with Crippen LogP contribution in [0.5, 0.6) is 0 Å². The smallest absolute Gasteiger partial charge is 0.462 e. The summed E-state index contributed by atoms with van der Waals surface area (Å²) in [7, 11) is -9.90. The minimum absolute atomic E-state index is 0.102. The summed E-state index contributed by atoms with van der Waals surface area (Å²) in [5.74, 6) is 0.103. The molecule has 91 heavy (non-hydrogen) atoms. The molecule has 0 amide bonds. The molecule has 3 N–H and O–H groups in total. The molecule has 0 aromatic rings. The number of carbonyl (C=O) groups excluding carboxylic acids is 4. The summed E-state index contributed by atoms with van der Waals surface area (Å²) in [6.45, 7) is 11.8. The Balaban J connectivity index is 5.23. The summed E-state index contributed by atoms with van der Waals surface area (Å²) in [6, 6.07) is 0. The normalized spacial score (nSPS) is 14.5. The lowest BCUT2D eigenvalue weighted by atomic mass is 10.00. The van der Waals surface area contributed by atoms with E-state index in [1.807, 2.05) is 0 Å². The molecule has 0 saturated heterocycles. The molecule has 0 fully saturated rings. The minimum atomic E-state index is -4.95. The number of phosphoric acid groups is 2. The lowest BCUT2D eigenvalue weighted by molar-refractivity contribution is -0.161. The SMILES string of the molecule is CCCCCCCCCCCCCCCC(=O)OC[C@H](COP(=O)(O)OC[C@@H](O)COP(=O)(O)OC[C@@H](COC(=O)CCCCCCCCC(C)CC)OC(=O)CCCCCCCCCC(C)C)OC(=O)CCCCCCCCCCCCCCCCCC(C)C. The molecule has 17 nitrogen and oxygen atoms in total. The van der Waals surface area contributed by atoms with Crippen molar-refractivity contribution >= 4 is 39.5 Å². The van der Waals surface area contributed by atoms with E-state index in [0.29, 0.717) is 31.6 Å². The van der Waals surface area contributed by atoms with Crippen LogP contribution in [0.3, 0.4) is 0 Å². The molecule has 0 heterocycles. The Morgan fingerprint density at radius 2 is 0.560 bits per heavy atom. The van der Waals surface area contributed by atoms with Crippen LogP contribution in [0.2, 0.25) is 0 Å². The summed E-state index contributed by atoms with van der Waals surface area (Å²) in [4.78, 5) is 72.6. The number of esters is 4. The number of hydrogen-bond acceptors (Lipinski definition) is 15. The van der Waals surface area contributed by atoms with Gasteiger partial charge in [0, 0.05) is 25.7 Å². The van der Waals surface area contributed by atoms with E-state index in [1.165, 1.54) is 167 Å². The number of ether oxygens (including phenoxy) is 4. The first-order valence-electron chi connectivity index (χ1n) is 37.4. The maximum absolute atomic E-state index is 13.0. The van der Waals surface area contributed by atoms with E-state index in [1.54, 1.807) is 0 Å². The quantitative estimate of drug-likeness (QED) is 0.0222. The van der Waals surface area contributed by atoms with Gasteiger partial charge in [0.2, 0.25) is 0 Å². The van der Waals surface area contributed by atoms with Crippen molar-refractivity contribution in [3.05, 3.63) is 0 Å². The number of phosphoric ester groups is 2. The average Bonchev–Trinajstić information content (AvgIpc) is 1.99. The highest BCUT2D eigenvalue weighted by molar-refractivity contribution is 7.47. The molecule has 0 aliphatic heterocycles. The van der Waals surface area contributed by atoms with Gasteiger partial charge in [-0.2, -0.15) is 0 Å². The first-order chi connectivity index (χ1) is 43.8. The third-order valence-electron chi connectivity index (χ3n) is 17.0. The second-order valence-electron chi connectivity index (χ2n) is 27.2. The molecule has 3 unspecified atom stereocenters. The maximum atomic E-state index is 13.0. The fourth-order valence-corrected chi connectivity index (χ4v) is 12.4. The Labute approximate surface area is 556 Å². The van der Waals surface area contributed by atoms with Gasteiger partial charge >= 0.3 is 39.5 Å². The van der Waals surface area contributed by atoms with E-state index >= 15 is 0 Å². The lowest BCUT2D eigenvalue weighted by Gasteiger charge is -2.21. The van der Waals surface area contributed by atoms with Crippen molar-refractivity contribution in [2.24, 2.45) is 17.8 Å². The summed E-state index contributed by atoms with van der Waals surface area (Å²) < 4.78 is 68.3. The van der Waals surface area contributed by atoms with Gasteiger partial charge in [0.1, 0.15) is 19.3 Å². The van der Waals surface area contributed by atoms with Gasteiger partial charge < -0.3 is 33.8 Å². The van der Waals surface area contributed by atoms with Gasteiger partial charge in [-0.05, 0) is 43.4 Å². The second kappa shape index (κ2) is 62.8. The van der Waals surface area contributed by atoms with E-state index in [9.17, 15) is 43.2 Å². The fourth-order valence-electron chi connectivity index (χ4n) is 10.9. The molecular formula is C72H140O17P2. The Kier molecular flexibility index (Phi) is 61.5. The molecule has 0 radical (unpaired) electrons. The molecule has 540 valence electrons. The van der Waals surface area contributed by atoms with Crippen LogP contribution < -0.4 is 0 Å². The fraction of sp³-hybridized carbons (Fsp3) is 0.944. The van der Waals surface area contributed by atoms with Crippen LogP contribution in [-0.2, 0) is 65.4 Å². The van der Waals surface area contributed by atoms with Gasteiger partial charge in [0.05, 0.1) is 26.4 Å². The van der Waals surface area contributed by atoms with Crippen LogP contribution in [0.4, 0.5) is 0 Å². The van der Waals surface area contributed by atoms with E-state index in [2.05, 4.69) is 48.5 Å². The van der Waals surface area contributed by atoms with Gasteiger partial charge in [0.25, 0.3) is 0 Å². The van der Waals surface area contributed by atoms with Crippen molar-refractivity contribution in [3.63, 3.8) is 0 Å². The monoisotopic (exact) mass is 1340 g/mol. The third kappa shape index (κ3) is 65.1. The van der Waals surface area contributed by atoms with Crippen molar-refractivity contribution in [3.8, 4) is 0 Å². The Morgan fingerprint density at radius 1 is 0.319 bits per heavy atom. The van der Waals surface area contributed by atoms with Crippen LogP contribution in [0.25, 0.3) is 0 Å². The highest BCUT2D eigenvalue weighted by Gasteiger charge is 2.30. The molecule has 19 heteroatoms. The summed E-state index contributed by atoms with van der Waals surface area (Å²) >= 11 is 0. The van der Waals surface area contributed by atoms with Crippen LogP contribution in [0, 0.1) is 17.8 Å². The van der Waals surface area contributed by atoms with Gasteiger partial charge in [0.15, 0.2) is 12.2 Å². The van der Waals surface area contributed by atoms with Crippen LogP contribution in [0.1, 0.15) is 363 Å². The molecule has 6 atom stereocenters. The van der Waals surface area contributed by atoms with E-state index in [0.717, 1.165) is 108 Å². The van der Waals surface area contributed by atoms with Crippen molar-refractivity contribution < 1.29 is 80.2 Å². The zero-order valence-electron chi connectivity index (χ0n) is 59.3. The Morgan fingerprint density at radius 3 is 0.835 bits per heavy atom. The third-order valence-corrected chi connectivity index (χ3v) is 18.9. The number of rotatable bonds is 70. The van der Waals surface area contributed by atoms with Crippen molar-refractivity contribution in [2.75, 3.05) is 39.6 Å². The van der Waals surface area contributed by atoms with Crippen molar-refractivity contribution in [2.45, 2.75) is 381 Å². The van der Waals surface area contributed by atoms with Crippen LogP contribution in [-0.4, -0.2) is 96.7 Å². The number of carbonyl (C=O) groups is 4. The van der Waals surface area contributed by atoms with Crippen molar-refractivity contribution in [1.29, 1.82) is 0 Å². The Bertz CT molecular complexity index is 1790. The highest BCUT2D eigenvalue weighted by atomic mass is 31.2. The van der Waals surface area contributed by atoms with Crippen LogP contribution in [0.15, 0.2) is 0 Å². The first kappa shape index (κ1) is 89.1. The predicted octanol–water partition coefficient (Wildman–Crippen LogP) is 20.6. The maximum Gasteiger partial charge on any atom is 0.472 e. The first-order valence-corrected chi connectivity index (χ1v) is 40.4. The molecule has 0 aliphatic rings. The average molecular weight is 1340 g/mol. The largest absolute Gasteiger partial charge is 0.472 e. The zero-order valence-corrected chi connectivity index (χ0v) is 61.1. The Hall–Kier alpha value is -1.94. The second-order valence-corrected chi connectivity index (χ2v) is 30.1. The van der Waals surface area contributed by atoms with Gasteiger partial charge in [-0.15, -0.1) is 0 Å². The summed E-state index contributed by atoms with van der Waals surface area (Å²) in [5, 5.41) is 10.6. The van der Waals surface area contributed by atoms with Gasteiger partial charge in [-0.25, -0.2) is 9.13 Å². The van der Waals surface area contributed by atoms with E-state index < -0.39 is 97.5 Å².